The molecule has 1 heterocycles. The lowest BCUT2D eigenvalue weighted by atomic mass is 10.2. The summed E-state index contributed by atoms with van der Waals surface area (Å²) in [4.78, 5) is 7.10. The molecule has 0 unspecified atom stereocenters. The van der Waals surface area contributed by atoms with Crippen LogP contribution in [0, 0.1) is 6.92 Å². The predicted molar refractivity (Wildman–Crippen MR) is 93.4 cm³/mol. The third-order valence-corrected chi connectivity index (χ3v) is 4.85. The van der Waals surface area contributed by atoms with Gasteiger partial charge in [0.1, 0.15) is 5.01 Å². The second-order valence-corrected chi connectivity index (χ2v) is 6.24. The van der Waals surface area contributed by atoms with Crippen molar-refractivity contribution in [1.29, 1.82) is 0 Å². The molecular formula is C18H20N2S. The van der Waals surface area contributed by atoms with Gasteiger partial charge in [0.15, 0.2) is 0 Å². The Balaban J connectivity index is 1.95. The van der Waals surface area contributed by atoms with Crippen molar-refractivity contribution >= 4 is 27.2 Å². The van der Waals surface area contributed by atoms with E-state index in [1.54, 1.807) is 11.3 Å². The minimum Gasteiger partial charge on any atom is -0.372 e. The van der Waals surface area contributed by atoms with E-state index in [0.717, 1.165) is 23.6 Å². The average Bonchev–Trinajstić information content (AvgIpc) is 2.92. The third-order valence-electron chi connectivity index (χ3n) is 3.79. The molecule has 0 radical (unpaired) electrons. The van der Waals surface area contributed by atoms with Crippen LogP contribution >= 0.6 is 11.3 Å². The molecule has 0 N–H and O–H groups in total. The molecule has 0 amide bonds. The molecule has 21 heavy (non-hydrogen) atoms. The van der Waals surface area contributed by atoms with E-state index in [2.05, 4.69) is 68.1 Å². The summed E-state index contributed by atoms with van der Waals surface area (Å²) in [5.41, 5.74) is 4.86. The largest absolute Gasteiger partial charge is 0.372 e. The SMILES string of the molecule is CCN(CC)c1ccc(-c2nc3ccc(C)cc3s2)cc1. The number of hydrogen-bond donors (Lipinski definition) is 0. The molecule has 0 aliphatic rings. The first-order valence-corrected chi connectivity index (χ1v) is 8.25. The summed E-state index contributed by atoms with van der Waals surface area (Å²) in [6, 6.07) is 15.2. The van der Waals surface area contributed by atoms with Gasteiger partial charge in [-0.05, 0) is 62.7 Å². The first-order chi connectivity index (χ1) is 10.2. The molecule has 0 bridgehead atoms. The Hall–Kier alpha value is -1.87. The molecule has 0 spiro atoms. The smallest absolute Gasteiger partial charge is 0.124 e. The van der Waals surface area contributed by atoms with Crippen molar-refractivity contribution in [3.63, 3.8) is 0 Å². The topological polar surface area (TPSA) is 16.1 Å². The summed E-state index contributed by atoms with van der Waals surface area (Å²) >= 11 is 1.77. The highest BCUT2D eigenvalue weighted by Gasteiger charge is 2.07. The van der Waals surface area contributed by atoms with Crippen LogP contribution in [-0.2, 0) is 0 Å². The van der Waals surface area contributed by atoms with Gasteiger partial charge in [-0.25, -0.2) is 4.98 Å². The monoisotopic (exact) mass is 296 g/mol. The molecule has 0 aliphatic carbocycles. The maximum atomic E-state index is 4.74. The van der Waals surface area contributed by atoms with Crippen LogP contribution in [0.1, 0.15) is 19.4 Å². The Morgan fingerprint density at radius 1 is 1.00 bits per heavy atom. The number of fused-ring (bicyclic) bond motifs is 1. The first-order valence-electron chi connectivity index (χ1n) is 7.44. The fourth-order valence-electron chi connectivity index (χ4n) is 2.56. The Bertz CT molecular complexity index is 740. The summed E-state index contributed by atoms with van der Waals surface area (Å²) in [5.74, 6) is 0. The van der Waals surface area contributed by atoms with E-state index in [0.29, 0.717) is 0 Å². The van der Waals surface area contributed by atoms with Gasteiger partial charge in [-0.3, -0.25) is 0 Å². The van der Waals surface area contributed by atoms with Gasteiger partial charge in [0.25, 0.3) is 0 Å². The average molecular weight is 296 g/mol. The number of thiazole rings is 1. The summed E-state index contributed by atoms with van der Waals surface area (Å²) in [6.45, 7) is 8.57. The van der Waals surface area contributed by atoms with E-state index in [1.165, 1.54) is 21.5 Å². The van der Waals surface area contributed by atoms with Crippen LogP contribution in [0.25, 0.3) is 20.8 Å². The molecule has 0 aliphatic heterocycles. The van der Waals surface area contributed by atoms with Crippen molar-refractivity contribution in [1.82, 2.24) is 4.98 Å². The molecule has 0 fully saturated rings. The molecule has 2 nitrogen and oxygen atoms in total. The van der Waals surface area contributed by atoms with Crippen molar-refractivity contribution in [3.8, 4) is 10.6 Å². The van der Waals surface area contributed by atoms with E-state index in [9.17, 15) is 0 Å². The van der Waals surface area contributed by atoms with Crippen molar-refractivity contribution in [3.05, 3.63) is 48.0 Å². The summed E-state index contributed by atoms with van der Waals surface area (Å²) < 4.78 is 1.26. The minimum absolute atomic E-state index is 1.04. The standard InChI is InChI=1S/C18H20N2S/c1-4-20(5-2)15-9-7-14(8-10-15)18-19-16-11-6-13(3)12-17(16)21-18/h6-12H,4-5H2,1-3H3. The molecule has 3 aromatic rings. The van der Waals surface area contributed by atoms with E-state index < -0.39 is 0 Å². The fraction of sp³-hybridized carbons (Fsp3) is 0.278. The van der Waals surface area contributed by atoms with Gasteiger partial charge in [0.05, 0.1) is 10.2 Å². The normalized spacial score (nSPS) is 11.0. The lowest BCUT2D eigenvalue weighted by molar-refractivity contribution is 0.866. The van der Waals surface area contributed by atoms with Crippen molar-refractivity contribution in [2.75, 3.05) is 18.0 Å². The summed E-state index contributed by atoms with van der Waals surface area (Å²) in [5, 5.41) is 1.10. The van der Waals surface area contributed by atoms with Gasteiger partial charge in [0, 0.05) is 24.3 Å². The first kappa shape index (κ1) is 14.1. The Kier molecular flexibility index (Phi) is 3.93. The minimum atomic E-state index is 1.04. The Morgan fingerprint density at radius 2 is 1.71 bits per heavy atom. The zero-order chi connectivity index (χ0) is 14.8. The number of benzene rings is 2. The lowest BCUT2D eigenvalue weighted by Gasteiger charge is -2.20. The fourth-order valence-corrected chi connectivity index (χ4v) is 3.63. The van der Waals surface area contributed by atoms with E-state index in [4.69, 9.17) is 4.98 Å². The molecular weight excluding hydrogens is 276 g/mol. The van der Waals surface area contributed by atoms with Crippen LogP contribution in [0.3, 0.4) is 0 Å². The number of rotatable bonds is 4. The van der Waals surface area contributed by atoms with Crippen molar-refractivity contribution < 1.29 is 0 Å². The van der Waals surface area contributed by atoms with E-state index in [1.807, 2.05) is 0 Å². The van der Waals surface area contributed by atoms with E-state index >= 15 is 0 Å². The molecule has 0 saturated heterocycles. The van der Waals surface area contributed by atoms with Crippen molar-refractivity contribution in [2.24, 2.45) is 0 Å². The highest BCUT2D eigenvalue weighted by Crippen LogP contribution is 2.31. The Labute approximate surface area is 130 Å². The van der Waals surface area contributed by atoms with Crippen LogP contribution in [0.15, 0.2) is 42.5 Å². The summed E-state index contributed by atoms with van der Waals surface area (Å²) in [6.07, 6.45) is 0. The lowest BCUT2D eigenvalue weighted by Crippen LogP contribution is -2.21. The number of hydrogen-bond acceptors (Lipinski definition) is 3. The number of nitrogens with zero attached hydrogens (tertiary/aromatic N) is 2. The Morgan fingerprint density at radius 3 is 2.38 bits per heavy atom. The molecule has 0 saturated carbocycles. The zero-order valence-corrected chi connectivity index (χ0v) is 13.6. The van der Waals surface area contributed by atoms with Gasteiger partial charge in [-0.1, -0.05) is 6.07 Å². The second kappa shape index (κ2) is 5.86. The highest BCUT2D eigenvalue weighted by atomic mass is 32.1. The summed E-state index contributed by atoms with van der Waals surface area (Å²) in [7, 11) is 0. The van der Waals surface area contributed by atoms with Crippen LogP contribution < -0.4 is 4.90 Å². The van der Waals surface area contributed by atoms with Crippen LogP contribution in [0.2, 0.25) is 0 Å². The van der Waals surface area contributed by atoms with Crippen LogP contribution in [0.5, 0.6) is 0 Å². The van der Waals surface area contributed by atoms with Gasteiger partial charge in [0.2, 0.25) is 0 Å². The van der Waals surface area contributed by atoms with Gasteiger partial charge < -0.3 is 4.90 Å². The van der Waals surface area contributed by atoms with Gasteiger partial charge in [-0.15, -0.1) is 11.3 Å². The predicted octanol–water partition coefficient (Wildman–Crippen LogP) is 5.12. The highest BCUT2D eigenvalue weighted by molar-refractivity contribution is 7.21. The molecule has 3 rings (SSSR count). The van der Waals surface area contributed by atoms with E-state index in [-0.39, 0.29) is 0 Å². The maximum absolute atomic E-state index is 4.74. The molecule has 2 aromatic carbocycles. The number of aromatic nitrogens is 1. The zero-order valence-electron chi connectivity index (χ0n) is 12.8. The quantitative estimate of drug-likeness (QED) is 0.664. The molecule has 3 heteroatoms. The second-order valence-electron chi connectivity index (χ2n) is 5.21. The molecule has 0 atom stereocenters. The third kappa shape index (κ3) is 2.79. The molecule has 1 aromatic heterocycles. The van der Waals surface area contributed by atoms with Crippen LogP contribution in [0.4, 0.5) is 5.69 Å². The van der Waals surface area contributed by atoms with Gasteiger partial charge in [-0.2, -0.15) is 0 Å². The number of anilines is 1. The number of aryl methyl sites for hydroxylation is 1. The van der Waals surface area contributed by atoms with Crippen LogP contribution in [-0.4, -0.2) is 18.1 Å². The maximum Gasteiger partial charge on any atom is 0.124 e. The van der Waals surface area contributed by atoms with Crippen molar-refractivity contribution in [2.45, 2.75) is 20.8 Å². The molecule has 108 valence electrons. The van der Waals surface area contributed by atoms with Gasteiger partial charge >= 0.3 is 0 Å².